The first-order valence-corrected chi connectivity index (χ1v) is 6.12. The van der Waals surface area contributed by atoms with Crippen LogP contribution in [-0.2, 0) is 6.42 Å². The molecule has 0 aliphatic carbocycles. The fourth-order valence-electron chi connectivity index (χ4n) is 1.83. The summed E-state index contributed by atoms with van der Waals surface area (Å²) in [4.78, 5) is 8.40. The molecule has 0 bridgehead atoms. The molecular formula is C13H18N4O. The fraction of sp³-hybridized carbons (Fsp3) is 0.462. The highest BCUT2D eigenvalue weighted by molar-refractivity contribution is 5.15. The molecule has 2 rings (SSSR count). The van der Waals surface area contributed by atoms with Crippen LogP contribution in [0.5, 0.6) is 0 Å². The SMILES string of the molecule is CC(C)C(CN)c1nc(Cc2ccncc2)no1. The maximum absolute atomic E-state index is 5.73. The number of aromatic nitrogens is 3. The van der Waals surface area contributed by atoms with Gasteiger partial charge in [-0.25, -0.2) is 0 Å². The maximum Gasteiger partial charge on any atom is 0.231 e. The molecule has 5 nitrogen and oxygen atoms in total. The van der Waals surface area contributed by atoms with Crippen LogP contribution in [0.2, 0.25) is 0 Å². The molecule has 2 heterocycles. The lowest BCUT2D eigenvalue weighted by Gasteiger charge is -2.13. The zero-order valence-electron chi connectivity index (χ0n) is 10.7. The molecule has 0 spiro atoms. The first-order chi connectivity index (χ1) is 8.70. The Hall–Kier alpha value is -1.75. The summed E-state index contributed by atoms with van der Waals surface area (Å²) >= 11 is 0. The van der Waals surface area contributed by atoms with E-state index in [1.807, 2.05) is 12.1 Å². The Labute approximate surface area is 106 Å². The van der Waals surface area contributed by atoms with Gasteiger partial charge in [-0.15, -0.1) is 0 Å². The predicted octanol–water partition coefficient (Wildman–Crippen LogP) is 1.75. The molecule has 2 aromatic rings. The van der Waals surface area contributed by atoms with Gasteiger partial charge in [0.25, 0.3) is 0 Å². The lowest BCUT2D eigenvalue weighted by Crippen LogP contribution is -2.18. The molecule has 1 unspecified atom stereocenters. The maximum atomic E-state index is 5.73. The largest absolute Gasteiger partial charge is 0.339 e. The van der Waals surface area contributed by atoms with Crippen molar-refractivity contribution < 1.29 is 4.52 Å². The van der Waals surface area contributed by atoms with Crippen LogP contribution < -0.4 is 5.73 Å². The van der Waals surface area contributed by atoms with Crippen LogP contribution in [0.15, 0.2) is 29.0 Å². The summed E-state index contributed by atoms with van der Waals surface area (Å²) in [6, 6.07) is 3.89. The van der Waals surface area contributed by atoms with E-state index >= 15 is 0 Å². The lowest BCUT2D eigenvalue weighted by molar-refractivity contribution is 0.322. The number of rotatable bonds is 5. The molecule has 0 radical (unpaired) electrons. The van der Waals surface area contributed by atoms with Crippen molar-refractivity contribution in [1.82, 2.24) is 15.1 Å². The Morgan fingerprint density at radius 1 is 1.28 bits per heavy atom. The second-order valence-corrected chi connectivity index (χ2v) is 4.67. The van der Waals surface area contributed by atoms with Crippen molar-refractivity contribution in [1.29, 1.82) is 0 Å². The van der Waals surface area contributed by atoms with E-state index in [2.05, 4.69) is 29.0 Å². The molecule has 0 aromatic carbocycles. The highest BCUT2D eigenvalue weighted by Crippen LogP contribution is 2.21. The molecule has 0 fully saturated rings. The summed E-state index contributed by atoms with van der Waals surface area (Å²) in [5.41, 5.74) is 6.85. The average molecular weight is 246 g/mol. The summed E-state index contributed by atoms with van der Waals surface area (Å²) in [5, 5.41) is 4.00. The predicted molar refractivity (Wildman–Crippen MR) is 68.0 cm³/mol. The van der Waals surface area contributed by atoms with Crippen molar-refractivity contribution in [3.8, 4) is 0 Å². The van der Waals surface area contributed by atoms with Gasteiger partial charge in [0.1, 0.15) is 0 Å². The van der Waals surface area contributed by atoms with Crippen LogP contribution in [0, 0.1) is 5.92 Å². The van der Waals surface area contributed by atoms with Crippen LogP contribution in [0.1, 0.15) is 37.0 Å². The van der Waals surface area contributed by atoms with Gasteiger partial charge in [0.15, 0.2) is 5.82 Å². The monoisotopic (exact) mass is 246 g/mol. The van der Waals surface area contributed by atoms with Crippen molar-refractivity contribution >= 4 is 0 Å². The van der Waals surface area contributed by atoms with Crippen LogP contribution in [0.25, 0.3) is 0 Å². The first-order valence-electron chi connectivity index (χ1n) is 6.12. The third kappa shape index (κ3) is 2.92. The van der Waals surface area contributed by atoms with Crippen LogP contribution in [-0.4, -0.2) is 21.7 Å². The number of hydrogen-bond donors (Lipinski definition) is 1. The Balaban J connectivity index is 2.11. The van der Waals surface area contributed by atoms with Crippen LogP contribution >= 0.6 is 0 Å². The number of hydrogen-bond acceptors (Lipinski definition) is 5. The lowest BCUT2D eigenvalue weighted by atomic mass is 9.96. The summed E-state index contributed by atoms with van der Waals surface area (Å²) in [6.07, 6.45) is 4.17. The topological polar surface area (TPSA) is 77.8 Å². The van der Waals surface area contributed by atoms with Gasteiger partial charge in [0, 0.05) is 25.4 Å². The summed E-state index contributed by atoms with van der Waals surface area (Å²) in [7, 11) is 0. The molecular weight excluding hydrogens is 228 g/mol. The standard InChI is InChI=1S/C13H18N4O/c1-9(2)11(8-14)13-16-12(17-18-13)7-10-3-5-15-6-4-10/h3-6,9,11H,7-8,14H2,1-2H3. The molecule has 0 saturated carbocycles. The van der Waals surface area contributed by atoms with E-state index in [0.29, 0.717) is 30.6 Å². The second kappa shape index (κ2) is 5.73. The van der Waals surface area contributed by atoms with Gasteiger partial charge >= 0.3 is 0 Å². The minimum atomic E-state index is 0.128. The molecule has 0 aliphatic heterocycles. The number of nitrogens with zero attached hydrogens (tertiary/aromatic N) is 3. The Morgan fingerprint density at radius 3 is 2.61 bits per heavy atom. The van der Waals surface area contributed by atoms with Gasteiger partial charge in [0.05, 0.1) is 5.92 Å². The van der Waals surface area contributed by atoms with Gasteiger partial charge in [-0.1, -0.05) is 19.0 Å². The van der Waals surface area contributed by atoms with Gasteiger partial charge in [0.2, 0.25) is 5.89 Å². The van der Waals surface area contributed by atoms with Crippen molar-refractivity contribution in [3.63, 3.8) is 0 Å². The normalized spacial score (nSPS) is 12.9. The van der Waals surface area contributed by atoms with E-state index in [0.717, 1.165) is 5.56 Å². The second-order valence-electron chi connectivity index (χ2n) is 4.67. The quantitative estimate of drug-likeness (QED) is 0.869. The van der Waals surface area contributed by atoms with Crippen molar-refractivity contribution in [2.45, 2.75) is 26.2 Å². The van der Waals surface area contributed by atoms with Gasteiger partial charge < -0.3 is 10.3 Å². The van der Waals surface area contributed by atoms with Crippen LogP contribution in [0.3, 0.4) is 0 Å². The average Bonchev–Trinajstić information content (AvgIpc) is 2.79. The highest BCUT2D eigenvalue weighted by Gasteiger charge is 2.20. The third-order valence-corrected chi connectivity index (χ3v) is 2.97. The van der Waals surface area contributed by atoms with E-state index in [4.69, 9.17) is 10.3 Å². The zero-order chi connectivity index (χ0) is 13.0. The molecule has 0 saturated heterocycles. The molecule has 0 amide bonds. The summed E-state index contributed by atoms with van der Waals surface area (Å²) < 4.78 is 5.29. The Kier molecular flexibility index (Phi) is 4.04. The van der Waals surface area contributed by atoms with Gasteiger partial charge in [-0.2, -0.15) is 4.98 Å². The van der Waals surface area contributed by atoms with Crippen molar-refractivity contribution in [2.24, 2.45) is 11.7 Å². The van der Waals surface area contributed by atoms with Gasteiger partial charge in [-0.05, 0) is 23.6 Å². The van der Waals surface area contributed by atoms with E-state index in [1.165, 1.54) is 0 Å². The number of pyridine rings is 1. The molecule has 2 N–H and O–H groups in total. The Bertz CT molecular complexity index is 481. The zero-order valence-corrected chi connectivity index (χ0v) is 10.7. The molecule has 18 heavy (non-hydrogen) atoms. The molecule has 5 heteroatoms. The van der Waals surface area contributed by atoms with E-state index in [9.17, 15) is 0 Å². The smallest absolute Gasteiger partial charge is 0.231 e. The molecule has 1 atom stereocenters. The minimum absolute atomic E-state index is 0.128. The fourth-order valence-corrected chi connectivity index (χ4v) is 1.83. The molecule has 96 valence electrons. The Morgan fingerprint density at radius 2 is 2.00 bits per heavy atom. The number of nitrogens with two attached hydrogens (primary N) is 1. The van der Waals surface area contributed by atoms with E-state index in [1.54, 1.807) is 12.4 Å². The van der Waals surface area contributed by atoms with Crippen molar-refractivity contribution in [3.05, 3.63) is 41.8 Å². The van der Waals surface area contributed by atoms with Gasteiger partial charge in [-0.3, -0.25) is 4.98 Å². The summed E-state index contributed by atoms with van der Waals surface area (Å²) in [6.45, 7) is 4.73. The molecule has 2 aromatic heterocycles. The van der Waals surface area contributed by atoms with Crippen LogP contribution in [0.4, 0.5) is 0 Å². The van der Waals surface area contributed by atoms with E-state index in [-0.39, 0.29) is 5.92 Å². The summed E-state index contributed by atoms with van der Waals surface area (Å²) in [5.74, 6) is 1.85. The highest BCUT2D eigenvalue weighted by atomic mass is 16.5. The first kappa shape index (κ1) is 12.7. The van der Waals surface area contributed by atoms with Crippen molar-refractivity contribution in [2.75, 3.05) is 6.54 Å². The molecule has 0 aliphatic rings. The minimum Gasteiger partial charge on any atom is -0.339 e. The van der Waals surface area contributed by atoms with E-state index < -0.39 is 0 Å². The third-order valence-electron chi connectivity index (χ3n) is 2.97.